The van der Waals surface area contributed by atoms with Gasteiger partial charge in [0, 0.05) is 18.7 Å². The summed E-state index contributed by atoms with van der Waals surface area (Å²) in [4.78, 5) is 16.8. The predicted molar refractivity (Wildman–Crippen MR) is 71.9 cm³/mol. The molecule has 2 fully saturated rings. The largest absolute Gasteiger partial charge is 0.409 e. The maximum atomic E-state index is 11.0. The Morgan fingerprint density at radius 2 is 2.35 bits per heavy atom. The van der Waals surface area contributed by atoms with Gasteiger partial charge in [0.15, 0.2) is 11.5 Å². The summed E-state index contributed by atoms with van der Waals surface area (Å²) < 4.78 is 0. The molecule has 2 unspecified atom stereocenters. The second kappa shape index (κ2) is 4.62. The molecular weight excluding hydrogens is 262 g/mol. The first kappa shape index (κ1) is 12.6. The molecule has 1 aromatic heterocycles. The third-order valence-corrected chi connectivity index (χ3v) is 4.11. The molecular formula is C12H15N5O3. The Bertz CT molecular complexity index is 588. The Hall–Kier alpha value is -2.38. The van der Waals surface area contributed by atoms with Crippen LogP contribution < -0.4 is 10.6 Å². The Balaban J connectivity index is 1.99. The van der Waals surface area contributed by atoms with Gasteiger partial charge in [0.05, 0.1) is 4.92 Å². The molecule has 1 aromatic rings. The lowest BCUT2D eigenvalue weighted by molar-refractivity contribution is -0.385. The van der Waals surface area contributed by atoms with Gasteiger partial charge in [-0.25, -0.2) is 4.98 Å². The number of anilines is 1. The Kier molecular flexibility index (Phi) is 2.92. The molecule has 2 bridgehead atoms. The summed E-state index contributed by atoms with van der Waals surface area (Å²) in [5.74, 6) is 0.997. The molecule has 1 aliphatic heterocycles. The van der Waals surface area contributed by atoms with Crippen molar-refractivity contribution in [3.8, 4) is 0 Å². The van der Waals surface area contributed by atoms with E-state index in [-0.39, 0.29) is 17.2 Å². The minimum absolute atomic E-state index is 0.0854. The van der Waals surface area contributed by atoms with E-state index in [9.17, 15) is 10.1 Å². The van der Waals surface area contributed by atoms with Gasteiger partial charge in [-0.2, -0.15) is 0 Å². The normalized spacial score (nSPS) is 25.2. The molecule has 0 radical (unpaired) electrons. The minimum Gasteiger partial charge on any atom is -0.409 e. The zero-order valence-corrected chi connectivity index (χ0v) is 10.8. The van der Waals surface area contributed by atoms with Gasteiger partial charge >= 0.3 is 0 Å². The van der Waals surface area contributed by atoms with Crippen LogP contribution in [-0.2, 0) is 0 Å². The van der Waals surface area contributed by atoms with Crippen molar-refractivity contribution in [2.75, 3.05) is 11.4 Å². The number of hydrogen-bond donors (Lipinski definition) is 2. The molecule has 2 aliphatic rings. The van der Waals surface area contributed by atoms with E-state index in [1.54, 1.807) is 6.07 Å². The number of aromatic nitrogens is 1. The quantitative estimate of drug-likeness (QED) is 0.280. The molecule has 1 saturated heterocycles. The minimum atomic E-state index is -0.583. The molecule has 2 heterocycles. The molecule has 20 heavy (non-hydrogen) atoms. The highest BCUT2D eigenvalue weighted by atomic mass is 16.6. The average molecular weight is 277 g/mol. The van der Waals surface area contributed by atoms with Crippen molar-refractivity contribution in [3.05, 3.63) is 27.9 Å². The third kappa shape index (κ3) is 1.93. The van der Waals surface area contributed by atoms with E-state index in [1.807, 2.05) is 0 Å². The summed E-state index contributed by atoms with van der Waals surface area (Å²) in [5.41, 5.74) is 5.15. The van der Waals surface area contributed by atoms with E-state index in [1.165, 1.54) is 12.5 Å². The molecule has 3 rings (SSSR count). The fourth-order valence-corrected chi connectivity index (χ4v) is 3.19. The summed E-state index contributed by atoms with van der Waals surface area (Å²) in [6.07, 6.45) is 3.51. The fourth-order valence-electron chi connectivity index (χ4n) is 3.19. The number of rotatable bonds is 3. The molecule has 0 spiro atoms. The number of pyridine rings is 1. The van der Waals surface area contributed by atoms with Crippen molar-refractivity contribution in [1.82, 2.24) is 4.98 Å². The zero-order valence-electron chi connectivity index (χ0n) is 10.8. The molecule has 1 saturated carbocycles. The second-order valence-corrected chi connectivity index (χ2v) is 5.26. The molecule has 106 valence electrons. The number of nitrogens with two attached hydrogens (primary N) is 1. The van der Waals surface area contributed by atoms with Gasteiger partial charge in [-0.1, -0.05) is 5.16 Å². The summed E-state index contributed by atoms with van der Waals surface area (Å²) in [6, 6.07) is 3.45. The average Bonchev–Trinajstić information content (AvgIpc) is 3.08. The van der Waals surface area contributed by atoms with Crippen LogP contribution in [0.15, 0.2) is 17.3 Å². The molecule has 8 heteroatoms. The second-order valence-electron chi connectivity index (χ2n) is 5.26. The van der Waals surface area contributed by atoms with Gasteiger partial charge < -0.3 is 15.8 Å². The molecule has 3 N–H and O–H groups in total. The zero-order chi connectivity index (χ0) is 14.3. The highest BCUT2D eigenvalue weighted by Gasteiger charge is 2.38. The summed E-state index contributed by atoms with van der Waals surface area (Å²) in [5, 5.41) is 22.5. The van der Waals surface area contributed by atoms with Crippen LogP contribution in [-0.4, -0.2) is 33.5 Å². The standard InChI is InChI=1S/C12H15N5O3/c13-12(15-18)11-9(17(19)20)3-4-10(14-11)16-6-7-1-2-8(16)5-7/h3-4,7-8,18H,1-2,5-6H2,(H2,13,15). The Labute approximate surface area is 115 Å². The van der Waals surface area contributed by atoms with Crippen LogP contribution in [0.4, 0.5) is 11.5 Å². The fraction of sp³-hybridized carbons (Fsp3) is 0.500. The highest BCUT2D eigenvalue weighted by molar-refractivity contribution is 5.99. The number of hydrogen-bond acceptors (Lipinski definition) is 6. The Morgan fingerprint density at radius 1 is 1.55 bits per heavy atom. The predicted octanol–water partition coefficient (Wildman–Crippen LogP) is 1.07. The summed E-state index contributed by atoms with van der Waals surface area (Å²) in [7, 11) is 0. The Morgan fingerprint density at radius 3 is 2.90 bits per heavy atom. The lowest BCUT2D eigenvalue weighted by atomic mass is 10.1. The number of oxime groups is 1. The monoisotopic (exact) mass is 277 g/mol. The van der Waals surface area contributed by atoms with E-state index in [0.29, 0.717) is 17.8 Å². The van der Waals surface area contributed by atoms with Crippen molar-refractivity contribution in [3.63, 3.8) is 0 Å². The van der Waals surface area contributed by atoms with Crippen molar-refractivity contribution >= 4 is 17.3 Å². The maximum absolute atomic E-state index is 11.0. The van der Waals surface area contributed by atoms with Crippen molar-refractivity contribution in [2.24, 2.45) is 16.8 Å². The topological polar surface area (TPSA) is 118 Å². The van der Waals surface area contributed by atoms with Gasteiger partial charge in [0.2, 0.25) is 0 Å². The van der Waals surface area contributed by atoms with Crippen LogP contribution >= 0.6 is 0 Å². The van der Waals surface area contributed by atoms with Crippen molar-refractivity contribution in [1.29, 1.82) is 0 Å². The summed E-state index contributed by atoms with van der Waals surface area (Å²) >= 11 is 0. The van der Waals surface area contributed by atoms with Gasteiger partial charge in [0.25, 0.3) is 5.69 Å². The summed E-state index contributed by atoms with van der Waals surface area (Å²) in [6.45, 7) is 0.922. The van der Waals surface area contributed by atoms with E-state index in [4.69, 9.17) is 10.9 Å². The van der Waals surface area contributed by atoms with E-state index < -0.39 is 4.92 Å². The molecule has 2 atom stereocenters. The van der Waals surface area contributed by atoms with E-state index in [2.05, 4.69) is 15.0 Å². The molecule has 0 amide bonds. The van der Waals surface area contributed by atoms with Gasteiger partial charge in [-0.15, -0.1) is 0 Å². The van der Waals surface area contributed by atoms with Crippen LogP contribution in [0, 0.1) is 16.0 Å². The highest BCUT2D eigenvalue weighted by Crippen LogP contribution is 2.39. The lowest BCUT2D eigenvalue weighted by Crippen LogP contribution is -2.33. The van der Waals surface area contributed by atoms with Crippen molar-refractivity contribution < 1.29 is 10.1 Å². The molecule has 8 nitrogen and oxygen atoms in total. The number of piperidine rings is 1. The number of nitrogens with zero attached hydrogens (tertiary/aromatic N) is 4. The number of amidine groups is 1. The van der Waals surface area contributed by atoms with Gasteiger partial charge in [0.1, 0.15) is 5.82 Å². The molecule has 0 aromatic carbocycles. The van der Waals surface area contributed by atoms with Crippen LogP contribution in [0.1, 0.15) is 25.0 Å². The number of nitro groups is 1. The van der Waals surface area contributed by atoms with Crippen LogP contribution in [0.25, 0.3) is 0 Å². The van der Waals surface area contributed by atoms with Crippen LogP contribution in [0.5, 0.6) is 0 Å². The van der Waals surface area contributed by atoms with E-state index in [0.717, 1.165) is 19.4 Å². The molecule has 1 aliphatic carbocycles. The first-order valence-corrected chi connectivity index (χ1v) is 6.50. The van der Waals surface area contributed by atoms with Gasteiger partial charge in [-0.3, -0.25) is 10.1 Å². The third-order valence-electron chi connectivity index (χ3n) is 4.11. The van der Waals surface area contributed by atoms with Crippen molar-refractivity contribution in [2.45, 2.75) is 25.3 Å². The van der Waals surface area contributed by atoms with Gasteiger partial charge in [-0.05, 0) is 31.2 Å². The maximum Gasteiger partial charge on any atom is 0.298 e. The number of fused-ring (bicyclic) bond motifs is 2. The first-order valence-electron chi connectivity index (χ1n) is 6.50. The van der Waals surface area contributed by atoms with E-state index >= 15 is 0 Å². The van der Waals surface area contributed by atoms with Crippen LogP contribution in [0.3, 0.4) is 0 Å². The first-order chi connectivity index (χ1) is 9.60. The SMILES string of the molecule is N/C(=N/O)c1nc(N2CC3CCC2C3)ccc1[N+](=O)[O-]. The lowest BCUT2D eigenvalue weighted by Gasteiger charge is -2.28. The smallest absolute Gasteiger partial charge is 0.298 e. The van der Waals surface area contributed by atoms with Crippen LogP contribution in [0.2, 0.25) is 0 Å².